The van der Waals surface area contributed by atoms with Crippen molar-refractivity contribution in [2.45, 2.75) is 25.1 Å². The highest BCUT2D eigenvalue weighted by Crippen LogP contribution is 2.38. The molecule has 1 aromatic heterocycles. The first kappa shape index (κ1) is 21.3. The molecule has 0 bridgehead atoms. The molecule has 2 fully saturated rings. The summed E-state index contributed by atoms with van der Waals surface area (Å²) in [6, 6.07) is 9.13. The molecule has 31 heavy (non-hydrogen) atoms. The number of carbonyl (C=O) groups excluding carboxylic acids is 1. The summed E-state index contributed by atoms with van der Waals surface area (Å²) in [5.41, 5.74) is -0.743. The van der Waals surface area contributed by atoms with Gasteiger partial charge >= 0.3 is 6.18 Å². The van der Waals surface area contributed by atoms with Crippen LogP contribution in [0.15, 0.2) is 42.6 Å². The second-order valence-corrected chi connectivity index (χ2v) is 7.77. The zero-order valence-electron chi connectivity index (χ0n) is 17.1. The number of rotatable bonds is 5. The maximum atomic E-state index is 13.4. The fourth-order valence-corrected chi connectivity index (χ4v) is 4.41. The van der Waals surface area contributed by atoms with Crippen LogP contribution in [-0.4, -0.2) is 55.2 Å². The van der Waals surface area contributed by atoms with Crippen LogP contribution in [0, 0.1) is 5.92 Å². The minimum Gasteiger partial charge on any atom is -0.497 e. The van der Waals surface area contributed by atoms with Gasteiger partial charge in [-0.1, -0.05) is 0 Å². The van der Waals surface area contributed by atoms with Gasteiger partial charge in [-0.2, -0.15) is 13.2 Å². The molecule has 4 rings (SSSR count). The van der Waals surface area contributed by atoms with Crippen LogP contribution in [-0.2, 0) is 11.0 Å². The average Bonchev–Trinajstić information content (AvgIpc) is 3.20. The number of fused-ring (bicyclic) bond motifs is 1. The van der Waals surface area contributed by atoms with Gasteiger partial charge in [-0.3, -0.25) is 4.79 Å². The number of nitrogens with zero attached hydrogens (tertiary/aromatic N) is 3. The summed E-state index contributed by atoms with van der Waals surface area (Å²) in [7, 11) is 1.57. The molecule has 1 amide bonds. The first-order valence-corrected chi connectivity index (χ1v) is 10.2. The smallest absolute Gasteiger partial charge is 0.419 e. The van der Waals surface area contributed by atoms with E-state index in [2.05, 4.69) is 4.98 Å². The predicted molar refractivity (Wildman–Crippen MR) is 108 cm³/mol. The molecular formula is C22H24F3N3O3. The lowest BCUT2D eigenvalue weighted by Gasteiger charge is -2.39. The summed E-state index contributed by atoms with van der Waals surface area (Å²) in [6.07, 6.45) is -1.53. The Balaban J connectivity index is 1.43. The van der Waals surface area contributed by atoms with Gasteiger partial charge in [0, 0.05) is 25.8 Å². The molecule has 0 saturated carbocycles. The van der Waals surface area contributed by atoms with E-state index in [1.54, 1.807) is 41.2 Å². The number of alkyl halides is 3. The van der Waals surface area contributed by atoms with E-state index in [4.69, 9.17) is 9.47 Å². The third kappa shape index (κ3) is 4.55. The zero-order valence-corrected chi connectivity index (χ0v) is 17.1. The lowest BCUT2D eigenvalue weighted by atomic mass is 9.92. The summed E-state index contributed by atoms with van der Waals surface area (Å²) in [4.78, 5) is 20.2. The lowest BCUT2D eigenvalue weighted by molar-refractivity contribution is -0.137. The molecule has 0 radical (unpaired) electrons. The molecule has 2 aliphatic rings. The van der Waals surface area contributed by atoms with Crippen LogP contribution in [0.2, 0.25) is 0 Å². The highest BCUT2D eigenvalue weighted by atomic mass is 19.4. The third-order valence-electron chi connectivity index (χ3n) is 6.00. The second kappa shape index (κ2) is 8.64. The molecule has 0 N–H and O–H groups in total. The van der Waals surface area contributed by atoms with Gasteiger partial charge in [0.1, 0.15) is 17.3 Å². The molecule has 2 atom stereocenters. The molecule has 2 saturated heterocycles. The Labute approximate surface area is 178 Å². The van der Waals surface area contributed by atoms with E-state index in [1.165, 1.54) is 12.3 Å². The normalized spacial score (nSPS) is 21.0. The summed E-state index contributed by atoms with van der Waals surface area (Å²) in [6.45, 7) is 1.29. The third-order valence-corrected chi connectivity index (χ3v) is 6.00. The monoisotopic (exact) mass is 435 g/mol. The van der Waals surface area contributed by atoms with Crippen molar-refractivity contribution in [1.29, 1.82) is 0 Å². The lowest BCUT2D eigenvalue weighted by Crippen LogP contribution is -2.51. The molecule has 1 aromatic carbocycles. The Morgan fingerprint density at radius 2 is 1.84 bits per heavy atom. The van der Waals surface area contributed by atoms with Gasteiger partial charge in [-0.15, -0.1) is 0 Å². The van der Waals surface area contributed by atoms with E-state index in [9.17, 15) is 18.0 Å². The van der Waals surface area contributed by atoms with Crippen LogP contribution in [0.4, 0.5) is 19.0 Å². The van der Waals surface area contributed by atoms with Crippen molar-refractivity contribution in [3.63, 3.8) is 0 Å². The van der Waals surface area contributed by atoms with Gasteiger partial charge in [0.25, 0.3) is 5.91 Å². The summed E-state index contributed by atoms with van der Waals surface area (Å²) in [5.74, 6) is 1.29. The standard InChI is InChI=1S/C22H24F3N3O3/c1-30-16-4-6-17(7-5-16)31-14-20(29)28-12-9-15-8-11-27(13-19(15)28)21-18(22(23,24)25)3-2-10-26-21/h2-7,10,15,19H,8-9,11-14H2,1H3. The molecular weight excluding hydrogens is 411 g/mol. The van der Waals surface area contributed by atoms with Gasteiger partial charge in [0.15, 0.2) is 6.61 Å². The van der Waals surface area contributed by atoms with Crippen LogP contribution >= 0.6 is 0 Å². The molecule has 2 aromatic rings. The van der Waals surface area contributed by atoms with Gasteiger partial charge in [0.2, 0.25) is 0 Å². The van der Waals surface area contributed by atoms with Crippen LogP contribution in [0.5, 0.6) is 11.5 Å². The first-order chi connectivity index (χ1) is 14.9. The minimum atomic E-state index is -4.47. The van der Waals surface area contributed by atoms with Crippen molar-refractivity contribution in [3.05, 3.63) is 48.2 Å². The van der Waals surface area contributed by atoms with Crippen molar-refractivity contribution < 1.29 is 27.4 Å². The average molecular weight is 435 g/mol. The number of benzene rings is 1. The maximum absolute atomic E-state index is 13.4. The number of amides is 1. The minimum absolute atomic E-state index is 0.0674. The van der Waals surface area contributed by atoms with Gasteiger partial charge in [-0.25, -0.2) is 4.98 Å². The number of piperidine rings is 1. The summed E-state index contributed by atoms with van der Waals surface area (Å²) < 4.78 is 51.0. The van der Waals surface area contributed by atoms with E-state index < -0.39 is 11.7 Å². The molecule has 2 unspecified atom stereocenters. The van der Waals surface area contributed by atoms with E-state index in [1.807, 2.05) is 0 Å². The van der Waals surface area contributed by atoms with Crippen molar-refractivity contribution in [2.75, 3.05) is 38.3 Å². The molecule has 0 aliphatic carbocycles. The van der Waals surface area contributed by atoms with Gasteiger partial charge in [-0.05, 0) is 55.2 Å². The number of hydrogen-bond donors (Lipinski definition) is 0. The number of methoxy groups -OCH3 is 1. The highest BCUT2D eigenvalue weighted by molar-refractivity contribution is 5.78. The number of halogens is 3. The van der Waals surface area contributed by atoms with Crippen LogP contribution < -0.4 is 14.4 Å². The number of aromatic nitrogens is 1. The Bertz CT molecular complexity index is 920. The van der Waals surface area contributed by atoms with Crippen LogP contribution in [0.1, 0.15) is 18.4 Å². The molecule has 2 aliphatic heterocycles. The number of carbonyl (C=O) groups is 1. The van der Waals surface area contributed by atoms with Gasteiger partial charge < -0.3 is 19.3 Å². The topological polar surface area (TPSA) is 54.9 Å². The van der Waals surface area contributed by atoms with E-state index >= 15 is 0 Å². The van der Waals surface area contributed by atoms with E-state index in [0.29, 0.717) is 31.1 Å². The molecule has 6 nitrogen and oxygen atoms in total. The fraction of sp³-hybridized carbons (Fsp3) is 0.455. The van der Waals surface area contributed by atoms with Crippen molar-refractivity contribution in [2.24, 2.45) is 5.92 Å². The van der Waals surface area contributed by atoms with Crippen molar-refractivity contribution >= 4 is 11.7 Å². The second-order valence-electron chi connectivity index (χ2n) is 7.77. The summed E-state index contributed by atoms with van der Waals surface area (Å²) >= 11 is 0. The van der Waals surface area contributed by atoms with E-state index in [0.717, 1.165) is 18.9 Å². The molecule has 3 heterocycles. The fourth-order valence-electron chi connectivity index (χ4n) is 4.41. The summed E-state index contributed by atoms with van der Waals surface area (Å²) in [5, 5.41) is 0. The Kier molecular flexibility index (Phi) is 5.93. The molecule has 0 spiro atoms. The zero-order chi connectivity index (χ0) is 22.0. The maximum Gasteiger partial charge on any atom is 0.419 e. The highest BCUT2D eigenvalue weighted by Gasteiger charge is 2.43. The first-order valence-electron chi connectivity index (χ1n) is 10.2. The number of hydrogen-bond acceptors (Lipinski definition) is 5. The molecule has 9 heteroatoms. The largest absolute Gasteiger partial charge is 0.497 e. The van der Waals surface area contributed by atoms with Crippen molar-refractivity contribution in [3.8, 4) is 11.5 Å². The number of ether oxygens (including phenoxy) is 2. The van der Waals surface area contributed by atoms with Crippen molar-refractivity contribution in [1.82, 2.24) is 9.88 Å². The number of likely N-dealkylation sites (tertiary alicyclic amines) is 1. The number of pyridine rings is 1. The van der Waals surface area contributed by atoms with E-state index in [-0.39, 0.29) is 30.3 Å². The number of anilines is 1. The Morgan fingerprint density at radius 1 is 1.13 bits per heavy atom. The van der Waals surface area contributed by atoms with Gasteiger partial charge in [0.05, 0.1) is 18.7 Å². The predicted octanol–water partition coefficient (Wildman–Crippen LogP) is 3.62. The Morgan fingerprint density at radius 3 is 2.55 bits per heavy atom. The van der Waals surface area contributed by atoms with Crippen LogP contribution in [0.3, 0.4) is 0 Å². The Hall–Kier alpha value is -2.97. The molecule has 166 valence electrons. The van der Waals surface area contributed by atoms with Crippen LogP contribution in [0.25, 0.3) is 0 Å². The SMILES string of the molecule is COc1ccc(OCC(=O)N2CCC3CCN(c4ncccc4C(F)(F)F)CC32)cc1. The quantitative estimate of drug-likeness (QED) is 0.718.